The van der Waals surface area contributed by atoms with Crippen molar-refractivity contribution in [3.8, 4) is 17.2 Å². The summed E-state index contributed by atoms with van der Waals surface area (Å²) in [6, 6.07) is 5.32. The van der Waals surface area contributed by atoms with Gasteiger partial charge in [0.25, 0.3) is 0 Å². The number of carbonyl (C=O) groups excluding carboxylic acids is 1. The second-order valence-electron chi connectivity index (χ2n) is 6.13. The zero-order valence-corrected chi connectivity index (χ0v) is 13.9. The molecule has 2 aliphatic heterocycles. The van der Waals surface area contributed by atoms with Crippen LogP contribution in [0.25, 0.3) is 0 Å². The van der Waals surface area contributed by atoms with E-state index >= 15 is 0 Å². The van der Waals surface area contributed by atoms with Gasteiger partial charge in [-0.2, -0.15) is 0 Å². The highest BCUT2D eigenvalue weighted by molar-refractivity contribution is 5.78. The van der Waals surface area contributed by atoms with Crippen LogP contribution in [0.3, 0.4) is 0 Å². The Kier molecular flexibility index (Phi) is 5.60. The zero-order chi connectivity index (χ0) is 17.6. The number of likely N-dealkylation sites (tertiary alicyclic amines) is 1. The first-order valence-electron chi connectivity index (χ1n) is 8.36. The molecule has 25 heavy (non-hydrogen) atoms. The largest absolute Gasteiger partial charge is 0.492 e. The van der Waals surface area contributed by atoms with Crippen LogP contribution in [-0.2, 0) is 9.59 Å². The maximum absolute atomic E-state index is 12.0. The second-order valence-corrected chi connectivity index (χ2v) is 6.13. The van der Waals surface area contributed by atoms with Gasteiger partial charge in [0, 0.05) is 12.6 Å². The van der Waals surface area contributed by atoms with Crippen molar-refractivity contribution in [1.29, 1.82) is 0 Å². The second kappa shape index (κ2) is 8.06. The van der Waals surface area contributed by atoms with Crippen molar-refractivity contribution in [2.45, 2.75) is 12.8 Å². The van der Waals surface area contributed by atoms with Crippen LogP contribution in [0.4, 0.5) is 0 Å². The molecule has 0 saturated carbocycles. The number of carbonyl (C=O) groups is 2. The van der Waals surface area contributed by atoms with Gasteiger partial charge in [0.1, 0.15) is 12.4 Å². The summed E-state index contributed by atoms with van der Waals surface area (Å²) in [4.78, 5) is 24.9. The van der Waals surface area contributed by atoms with Crippen molar-refractivity contribution in [1.82, 2.24) is 10.2 Å². The summed E-state index contributed by atoms with van der Waals surface area (Å²) in [5, 5.41) is 11.9. The van der Waals surface area contributed by atoms with Crippen LogP contribution < -0.4 is 19.5 Å². The summed E-state index contributed by atoms with van der Waals surface area (Å²) in [6.45, 7) is 2.33. The lowest BCUT2D eigenvalue weighted by atomic mass is 9.98. The molecule has 1 unspecified atom stereocenters. The predicted molar refractivity (Wildman–Crippen MR) is 87.9 cm³/mol. The number of aliphatic carboxylic acids is 1. The number of ether oxygens (including phenoxy) is 3. The van der Waals surface area contributed by atoms with E-state index in [1.165, 1.54) is 0 Å². The Hall–Kier alpha value is -2.48. The highest BCUT2D eigenvalue weighted by atomic mass is 16.7. The average molecular weight is 350 g/mol. The molecule has 1 saturated heterocycles. The summed E-state index contributed by atoms with van der Waals surface area (Å²) in [7, 11) is 0. The Balaban J connectivity index is 1.34. The van der Waals surface area contributed by atoms with Gasteiger partial charge in [-0.05, 0) is 31.5 Å². The van der Waals surface area contributed by atoms with Gasteiger partial charge in [0.2, 0.25) is 12.7 Å². The molecule has 0 aliphatic carbocycles. The third-order valence-electron chi connectivity index (χ3n) is 4.26. The number of hydrogen-bond acceptors (Lipinski definition) is 6. The van der Waals surface area contributed by atoms with Gasteiger partial charge in [-0.15, -0.1) is 0 Å². The van der Waals surface area contributed by atoms with E-state index in [0.29, 0.717) is 43.4 Å². The molecule has 1 atom stereocenters. The molecule has 1 amide bonds. The molecule has 0 radical (unpaired) electrons. The monoisotopic (exact) mass is 350 g/mol. The first kappa shape index (κ1) is 17.3. The third kappa shape index (κ3) is 4.76. The van der Waals surface area contributed by atoms with Gasteiger partial charge in [0.05, 0.1) is 19.0 Å². The minimum absolute atomic E-state index is 0.125. The number of amides is 1. The molecular weight excluding hydrogens is 328 g/mol. The van der Waals surface area contributed by atoms with Crippen LogP contribution in [0.1, 0.15) is 12.8 Å². The SMILES string of the molecule is O=C(CN1CCCC(C(=O)O)C1)NCCOc1ccc2c(c1)OCO2. The Labute approximate surface area is 145 Å². The fourth-order valence-electron chi connectivity index (χ4n) is 2.99. The van der Waals surface area contributed by atoms with Crippen LogP contribution in [0.5, 0.6) is 17.2 Å². The van der Waals surface area contributed by atoms with Crippen molar-refractivity contribution in [2.75, 3.05) is 39.6 Å². The lowest BCUT2D eigenvalue weighted by Crippen LogP contribution is -2.44. The van der Waals surface area contributed by atoms with Crippen molar-refractivity contribution in [3.05, 3.63) is 18.2 Å². The first-order chi connectivity index (χ1) is 12.1. The smallest absolute Gasteiger partial charge is 0.307 e. The van der Waals surface area contributed by atoms with Gasteiger partial charge in [0.15, 0.2) is 11.5 Å². The van der Waals surface area contributed by atoms with Gasteiger partial charge in [-0.1, -0.05) is 0 Å². The normalized spacial score (nSPS) is 19.4. The van der Waals surface area contributed by atoms with Gasteiger partial charge < -0.3 is 24.6 Å². The lowest BCUT2D eigenvalue weighted by molar-refractivity contribution is -0.144. The van der Waals surface area contributed by atoms with Crippen molar-refractivity contribution < 1.29 is 28.9 Å². The number of hydrogen-bond donors (Lipinski definition) is 2. The van der Waals surface area contributed by atoms with E-state index in [1.54, 1.807) is 18.2 Å². The molecular formula is C17H22N2O6. The third-order valence-corrected chi connectivity index (χ3v) is 4.26. The van der Waals surface area contributed by atoms with Gasteiger partial charge in [-0.3, -0.25) is 14.5 Å². The van der Waals surface area contributed by atoms with Gasteiger partial charge in [-0.25, -0.2) is 0 Å². The maximum atomic E-state index is 12.0. The number of fused-ring (bicyclic) bond motifs is 1. The fourth-order valence-corrected chi connectivity index (χ4v) is 2.99. The highest BCUT2D eigenvalue weighted by Gasteiger charge is 2.26. The summed E-state index contributed by atoms with van der Waals surface area (Å²) in [6.07, 6.45) is 1.48. The van der Waals surface area contributed by atoms with Crippen LogP contribution in [0.15, 0.2) is 18.2 Å². The molecule has 8 nitrogen and oxygen atoms in total. The zero-order valence-electron chi connectivity index (χ0n) is 13.9. The van der Waals surface area contributed by atoms with E-state index < -0.39 is 5.97 Å². The van der Waals surface area contributed by atoms with Crippen LogP contribution >= 0.6 is 0 Å². The number of piperidine rings is 1. The minimum Gasteiger partial charge on any atom is -0.492 e. The Morgan fingerprint density at radius 1 is 1.32 bits per heavy atom. The van der Waals surface area contributed by atoms with E-state index in [1.807, 2.05) is 4.90 Å². The summed E-state index contributed by atoms with van der Waals surface area (Å²) < 4.78 is 16.1. The Bertz CT molecular complexity index is 636. The predicted octanol–water partition coefficient (Wildman–Crippen LogP) is 0.707. The van der Waals surface area contributed by atoms with Crippen LogP contribution in [0, 0.1) is 5.92 Å². The number of benzene rings is 1. The molecule has 0 bridgehead atoms. The highest BCUT2D eigenvalue weighted by Crippen LogP contribution is 2.34. The van der Waals surface area contributed by atoms with E-state index in [4.69, 9.17) is 19.3 Å². The number of nitrogens with zero attached hydrogens (tertiary/aromatic N) is 1. The molecule has 1 fully saturated rings. The van der Waals surface area contributed by atoms with E-state index in [9.17, 15) is 9.59 Å². The topological polar surface area (TPSA) is 97.3 Å². The van der Waals surface area contributed by atoms with Crippen molar-refractivity contribution in [3.63, 3.8) is 0 Å². The number of carboxylic acids is 1. The van der Waals surface area contributed by atoms with E-state index in [0.717, 1.165) is 13.0 Å². The molecule has 2 N–H and O–H groups in total. The summed E-state index contributed by atoms with van der Waals surface area (Å²) >= 11 is 0. The first-order valence-corrected chi connectivity index (χ1v) is 8.36. The molecule has 0 aromatic heterocycles. The van der Waals surface area contributed by atoms with Crippen LogP contribution in [0.2, 0.25) is 0 Å². The quantitative estimate of drug-likeness (QED) is 0.699. The molecule has 2 heterocycles. The van der Waals surface area contributed by atoms with Crippen LogP contribution in [-0.4, -0.2) is 61.5 Å². The Morgan fingerprint density at radius 2 is 2.16 bits per heavy atom. The van der Waals surface area contributed by atoms with E-state index in [-0.39, 0.29) is 25.2 Å². The standard InChI is InChI=1S/C17H22N2O6/c20-16(10-19-6-1-2-12(9-19)17(21)22)18-5-7-23-13-3-4-14-15(8-13)25-11-24-14/h3-4,8,12H,1-2,5-7,9-11H2,(H,18,20)(H,21,22). The minimum atomic E-state index is -0.790. The average Bonchev–Trinajstić information content (AvgIpc) is 3.06. The molecule has 1 aromatic rings. The summed E-state index contributed by atoms with van der Waals surface area (Å²) in [5.41, 5.74) is 0. The van der Waals surface area contributed by atoms with Gasteiger partial charge >= 0.3 is 5.97 Å². The lowest BCUT2D eigenvalue weighted by Gasteiger charge is -2.29. The maximum Gasteiger partial charge on any atom is 0.307 e. The number of carboxylic acid groups (broad SMARTS) is 1. The number of rotatable bonds is 7. The van der Waals surface area contributed by atoms with Crippen molar-refractivity contribution >= 4 is 11.9 Å². The molecule has 0 spiro atoms. The molecule has 136 valence electrons. The molecule has 3 rings (SSSR count). The molecule has 8 heteroatoms. The number of nitrogens with one attached hydrogen (secondary N) is 1. The molecule has 2 aliphatic rings. The van der Waals surface area contributed by atoms with E-state index in [2.05, 4.69) is 5.32 Å². The van der Waals surface area contributed by atoms with Crippen molar-refractivity contribution in [2.24, 2.45) is 5.92 Å². The summed E-state index contributed by atoms with van der Waals surface area (Å²) in [5.74, 6) is 0.707. The molecule has 1 aromatic carbocycles. The fraction of sp³-hybridized carbons (Fsp3) is 0.529. The Morgan fingerprint density at radius 3 is 3.00 bits per heavy atom.